The van der Waals surface area contributed by atoms with Crippen LogP contribution in [0.3, 0.4) is 0 Å². The van der Waals surface area contributed by atoms with Crippen molar-refractivity contribution in [2.45, 2.75) is 6.92 Å². The van der Waals surface area contributed by atoms with Crippen LogP contribution in [0.15, 0.2) is 63.6 Å². The Balaban J connectivity index is 1.52. The van der Waals surface area contributed by atoms with Crippen molar-refractivity contribution >= 4 is 39.2 Å². The molecule has 0 fully saturated rings. The fourth-order valence-corrected chi connectivity index (χ4v) is 2.70. The van der Waals surface area contributed by atoms with Crippen molar-refractivity contribution in [2.75, 3.05) is 17.2 Å². The van der Waals surface area contributed by atoms with E-state index in [1.165, 1.54) is 0 Å². The highest BCUT2D eigenvalue weighted by Crippen LogP contribution is 2.20. The smallest absolute Gasteiger partial charge is 0.263 e. The molecule has 2 amide bonds. The minimum atomic E-state index is -0.352. The highest BCUT2D eigenvalue weighted by atomic mass is 79.9. The monoisotopic (exact) mass is 429 g/mol. The number of nitrogens with zero attached hydrogens (tertiary/aromatic N) is 1. The maximum atomic E-state index is 12.3. The van der Waals surface area contributed by atoms with Crippen molar-refractivity contribution in [1.82, 2.24) is 5.16 Å². The van der Waals surface area contributed by atoms with Crippen LogP contribution in [0.1, 0.15) is 16.1 Å². The van der Waals surface area contributed by atoms with Gasteiger partial charge in [0.05, 0.1) is 5.56 Å². The van der Waals surface area contributed by atoms with Crippen molar-refractivity contribution < 1.29 is 18.8 Å². The summed E-state index contributed by atoms with van der Waals surface area (Å²) in [4.78, 5) is 24.1. The molecule has 0 atom stereocenters. The molecule has 3 rings (SSSR count). The third-order valence-corrected chi connectivity index (χ3v) is 4.19. The van der Waals surface area contributed by atoms with Gasteiger partial charge in [-0.2, -0.15) is 0 Å². The average molecular weight is 430 g/mol. The molecule has 0 aliphatic carbocycles. The van der Waals surface area contributed by atoms with Gasteiger partial charge < -0.3 is 19.9 Å². The van der Waals surface area contributed by atoms with Gasteiger partial charge in [-0.3, -0.25) is 9.59 Å². The Labute approximate surface area is 163 Å². The van der Waals surface area contributed by atoms with Crippen molar-refractivity contribution in [1.29, 1.82) is 0 Å². The second kappa shape index (κ2) is 8.50. The zero-order chi connectivity index (χ0) is 19.2. The van der Waals surface area contributed by atoms with Gasteiger partial charge in [0.15, 0.2) is 12.4 Å². The van der Waals surface area contributed by atoms with Gasteiger partial charge in [-0.25, -0.2) is 0 Å². The molecule has 0 spiro atoms. The van der Waals surface area contributed by atoms with Gasteiger partial charge in [0.25, 0.3) is 11.8 Å². The lowest BCUT2D eigenvalue weighted by molar-refractivity contribution is -0.118. The summed E-state index contributed by atoms with van der Waals surface area (Å²) >= 11 is 3.35. The Bertz CT molecular complexity index is 954. The quantitative estimate of drug-likeness (QED) is 0.617. The van der Waals surface area contributed by atoms with Crippen LogP contribution >= 0.6 is 15.9 Å². The summed E-state index contributed by atoms with van der Waals surface area (Å²) in [5.41, 5.74) is 1.16. The Morgan fingerprint density at radius 3 is 2.52 bits per heavy atom. The summed E-state index contributed by atoms with van der Waals surface area (Å²) in [6.07, 6.45) is 0. The third kappa shape index (κ3) is 5.18. The van der Waals surface area contributed by atoms with E-state index in [-0.39, 0.29) is 18.4 Å². The van der Waals surface area contributed by atoms with Crippen LogP contribution in [0.25, 0.3) is 0 Å². The van der Waals surface area contributed by atoms with E-state index < -0.39 is 0 Å². The van der Waals surface area contributed by atoms with Crippen molar-refractivity contribution in [2.24, 2.45) is 0 Å². The van der Waals surface area contributed by atoms with Crippen molar-refractivity contribution in [3.63, 3.8) is 0 Å². The second-order valence-electron chi connectivity index (χ2n) is 5.62. The zero-order valence-electron chi connectivity index (χ0n) is 14.4. The molecule has 0 aliphatic rings. The molecule has 0 bridgehead atoms. The standard InChI is InChI=1S/C19H16BrN3O4/c1-12-10-17(23-27-12)22-18(24)11-26-14-8-6-13(7-9-14)21-19(25)15-4-2-3-5-16(15)20/h2-10H,11H2,1H3,(H,21,25)(H,22,23,24). The van der Waals surface area contributed by atoms with Gasteiger partial charge in [-0.05, 0) is 59.3 Å². The Morgan fingerprint density at radius 2 is 1.85 bits per heavy atom. The molecule has 138 valence electrons. The number of anilines is 2. The number of benzene rings is 2. The lowest BCUT2D eigenvalue weighted by Gasteiger charge is -2.09. The predicted octanol–water partition coefficient (Wildman–Crippen LogP) is 4.02. The molecule has 3 aromatic rings. The number of aryl methyl sites for hydroxylation is 1. The number of ether oxygens (including phenoxy) is 1. The van der Waals surface area contributed by atoms with E-state index in [1.807, 2.05) is 6.07 Å². The molecule has 1 aromatic heterocycles. The van der Waals surface area contributed by atoms with Crippen LogP contribution in [0.5, 0.6) is 5.75 Å². The first-order valence-electron chi connectivity index (χ1n) is 8.03. The molecule has 0 radical (unpaired) electrons. The normalized spacial score (nSPS) is 10.3. The van der Waals surface area contributed by atoms with Crippen molar-refractivity contribution in [3.8, 4) is 5.75 Å². The highest BCUT2D eigenvalue weighted by molar-refractivity contribution is 9.10. The molecule has 2 aromatic carbocycles. The van der Waals surface area contributed by atoms with E-state index >= 15 is 0 Å². The van der Waals surface area contributed by atoms with E-state index in [4.69, 9.17) is 9.26 Å². The summed E-state index contributed by atoms with van der Waals surface area (Å²) in [6.45, 7) is 1.56. The highest BCUT2D eigenvalue weighted by Gasteiger charge is 2.10. The number of carbonyl (C=O) groups excluding carboxylic acids is 2. The average Bonchev–Trinajstić information content (AvgIpc) is 3.06. The Kier molecular flexibility index (Phi) is 5.87. The maximum absolute atomic E-state index is 12.3. The van der Waals surface area contributed by atoms with Gasteiger partial charge in [0.2, 0.25) is 0 Å². The number of hydrogen-bond donors (Lipinski definition) is 2. The van der Waals surface area contributed by atoms with Crippen LogP contribution in [-0.4, -0.2) is 23.6 Å². The van der Waals surface area contributed by atoms with Crippen LogP contribution in [0, 0.1) is 6.92 Å². The number of nitrogens with one attached hydrogen (secondary N) is 2. The lowest BCUT2D eigenvalue weighted by Crippen LogP contribution is -2.20. The molecule has 7 nitrogen and oxygen atoms in total. The topological polar surface area (TPSA) is 93.5 Å². The molecular weight excluding hydrogens is 414 g/mol. The second-order valence-corrected chi connectivity index (χ2v) is 6.47. The summed E-state index contributed by atoms with van der Waals surface area (Å²) < 4.78 is 11.0. The van der Waals surface area contributed by atoms with Crippen LogP contribution in [0.2, 0.25) is 0 Å². The number of carbonyl (C=O) groups is 2. The van der Waals surface area contributed by atoms with E-state index in [1.54, 1.807) is 55.5 Å². The van der Waals surface area contributed by atoms with E-state index in [0.717, 1.165) is 4.47 Å². The molecule has 8 heteroatoms. The lowest BCUT2D eigenvalue weighted by atomic mass is 10.2. The van der Waals surface area contributed by atoms with Crippen molar-refractivity contribution in [3.05, 3.63) is 70.4 Å². The van der Waals surface area contributed by atoms with Crippen LogP contribution in [0.4, 0.5) is 11.5 Å². The third-order valence-electron chi connectivity index (χ3n) is 3.50. The largest absolute Gasteiger partial charge is 0.484 e. The van der Waals surface area contributed by atoms with Gasteiger partial charge in [0.1, 0.15) is 11.5 Å². The minimum Gasteiger partial charge on any atom is -0.484 e. The van der Waals surface area contributed by atoms with E-state index in [9.17, 15) is 9.59 Å². The summed E-state index contributed by atoms with van der Waals surface area (Å²) in [5.74, 6) is 0.867. The first kappa shape index (κ1) is 18.7. The molecule has 0 aliphatic heterocycles. The number of hydrogen-bond acceptors (Lipinski definition) is 5. The number of aromatic nitrogens is 1. The molecule has 0 saturated heterocycles. The first-order valence-corrected chi connectivity index (χ1v) is 8.82. The number of rotatable bonds is 6. The van der Waals surface area contributed by atoms with Gasteiger partial charge in [-0.15, -0.1) is 0 Å². The summed E-state index contributed by atoms with van der Waals surface area (Å²) in [6, 6.07) is 15.5. The first-order chi connectivity index (χ1) is 13.0. The van der Waals surface area contributed by atoms with Gasteiger partial charge in [0, 0.05) is 16.2 Å². The fourth-order valence-electron chi connectivity index (χ4n) is 2.23. The molecule has 1 heterocycles. The summed E-state index contributed by atoms with van der Waals surface area (Å²) in [5, 5.41) is 9.04. The molecule has 27 heavy (non-hydrogen) atoms. The number of amides is 2. The van der Waals surface area contributed by atoms with Crippen LogP contribution < -0.4 is 15.4 Å². The SMILES string of the molecule is Cc1cc(NC(=O)COc2ccc(NC(=O)c3ccccc3Br)cc2)no1. The molecular formula is C19H16BrN3O4. The number of halogens is 1. The van der Waals surface area contributed by atoms with E-state index in [2.05, 4.69) is 31.7 Å². The maximum Gasteiger partial charge on any atom is 0.263 e. The fraction of sp³-hybridized carbons (Fsp3) is 0.105. The predicted molar refractivity (Wildman–Crippen MR) is 104 cm³/mol. The Morgan fingerprint density at radius 1 is 1.11 bits per heavy atom. The molecule has 2 N–H and O–H groups in total. The zero-order valence-corrected chi connectivity index (χ0v) is 15.9. The van der Waals surface area contributed by atoms with Gasteiger partial charge >= 0.3 is 0 Å². The Hall–Kier alpha value is -3.13. The minimum absolute atomic E-state index is 0.172. The molecule has 0 unspecified atom stereocenters. The molecule has 0 saturated carbocycles. The van der Waals surface area contributed by atoms with Gasteiger partial charge in [-0.1, -0.05) is 17.3 Å². The van der Waals surface area contributed by atoms with Crippen LogP contribution in [-0.2, 0) is 4.79 Å². The summed E-state index contributed by atoms with van der Waals surface area (Å²) in [7, 11) is 0. The van der Waals surface area contributed by atoms with E-state index in [0.29, 0.717) is 28.6 Å².